The number of hydrogen-bond acceptors (Lipinski definition) is 6. The van der Waals surface area contributed by atoms with Crippen molar-refractivity contribution >= 4 is 5.97 Å². The molecule has 2 aromatic rings. The van der Waals surface area contributed by atoms with Crippen LogP contribution in [-0.4, -0.2) is 43.5 Å². The second kappa shape index (κ2) is 7.40. The number of rotatable bonds is 5. The molecule has 0 spiro atoms. The number of carbonyl (C=O) groups is 1. The number of nitrogens with zero attached hydrogens (tertiary/aromatic N) is 1. The zero-order chi connectivity index (χ0) is 20.8. The van der Waals surface area contributed by atoms with Gasteiger partial charge in [0.15, 0.2) is 23.0 Å². The molecule has 0 saturated heterocycles. The van der Waals surface area contributed by atoms with Crippen LogP contribution < -0.4 is 18.9 Å². The highest BCUT2D eigenvalue weighted by atomic mass is 16.7. The Labute approximate surface area is 175 Å². The molecule has 3 aliphatic heterocycles. The van der Waals surface area contributed by atoms with Crippen molar-refractivity contribution in [1.82, 2.24) is 4.90 Å². The molecule has 3 aliphatic rings. The second-order valence-corrected chi connectivity index (χ2v) is 7.98. The lowest BCUT2D eigenvalue weighted by Crippen LogP contribution is -2.42. The van der Waals surface area contributed by atoms with Gasteiger partial charge in [0, 0.05) is 37.0 Å². The van der Waals surface area contributed by atoms with Crippen molar-refractivity contribution in [2.45, 2.75) is 37.8 Å². The molecule has 0 fully saturated rings. The number of hydrogen-bond donors (Lipinski definition) is 1. The Balaban J connectivity index is 1.64. The van der Waals surface area contributed by atoms with Crippen molar-refractivity contribution in [3.05, 3.63) is 46.5 Å². The van der Waals surface area contributed by atoms with E-state index in [1.54, 1.807) is 14.2 Å². The first-order valence-corrected chi connectivity index (χ1v) is 10.2. The van der Waals surface area contributed by atoms with Crippen LogP contribution in [-0.2, 0) is 17.8 Å². The van der Waals surface area contributed by atoms with Crippen molar-refractivity contribution < 1.29 is 28.8 Å². The first-order valence-electron chi connectivity index (χ1n) is 10.2. The molecular formula is C23H25NO6. The highest BCUT2D eigenvalue weighted by Gasteiger charge is 2.41. The number of carboxylic acid groups (broad SMARTS) is 1. The van der Waals surface area contributed by atoms with Crippen molar-refractivity contribution in [3.63, 3.8) is 0 Å². The van der Waals surface area contributed by atoms with E-state index in [0.29, 0.717) is 12.2 Å². The summed E-state index contributed by atoms with van der Waals surface area (Å²) in [5.74, 6) is 2.26. The van der Waals surface area contributed by atoms with Gasteiger partial charge in [0.1, 0.15) is 0 Å². The topological polar surface area (TPSA) is 77.5 Å². The zero-order valence-electron chi connectivity index (χ0n) is 17.1. The molecule has 0 amide bonds. The monoisotopic (exact) mass is 411 g/mol. The summed E-state index contributed by atoms with van der Waals surface area (Å²) >= 11 is 0. The van der Waals surface area contributed by atoms with E-state index in [1.807, 2.05) is 6.07 Å². The smallest absolute Gasteiger partial charge is 0.303 e. The molecule has 7 nitrogen and oxygen atoms in total. The van der Waals surface area contributed by atoms with Crippen LogP contribution in [0.2, 0.25) is 0 Å². The average Bonchev–Trinajstić information content (AvgIpc) is 3.21. The Bertz CT molecular complexity index is 1000. The number of fused-ring (bicyclic) bond motifs is 5. The Morgan fingerprint density at radius 1 is 1.17 bits per heavy atom. The van der Waals surface area contributed by atoms with Crippen LogP contribution in [0.25, 0.3) is 0 Å². The van der Waals surface area contributed by atoms with Gasteiger partial charge >= 0.3 is 5.97 Å². The van der Waals surface area contributed by atoms with Gasteiger partial charge in [-0.25, -0.2) is 0 Å². The quantitative estimate of drug-likeness (QED) is 0.807. The van der Waals surface area contributed by atoms with E-state index >= 15 is 0 Å². The van der Waals surface area contributed by atoms with Gasteiger partial charge in [-0.3, -0.25) is 9.69 Å². The fourth-order valence-corrected chi connectivity index (χ4v) is 5.22. The summed E-state index contributed by atoms with van der Waals surface area (Å²) in [6, 6.07) is 8.27. The standard InChI is InChI=1S/C23H25NO6/c1-27-18-5-3-14-15(4-6-21(25)26)22-16-10-20-19(29-12-30-20)9-13(16)7-8-24(22)11-17(14)23(18)28-2/h3,5,9-10,15,22H,4,6-8,11-12H2,1-2H3,(H,25,26). The molecule has 2 aromatic carbocycles. The van der Waals surface area contributed by atoms with Crippen LogP contribution in [0.15, 0.2) is 24.3 Å². The molecule has 158 valence electrons. The van der Waals surface area contributed by atoms with Crippen LogP contribution in [0.4, 0.5) is 0 Å². The predicted octanol–water partition coefficient (Wildman–Crippen LogP) is 3.49. The summed E-state index contributed by atoms with van der Waals surface area (Å²) in [6.45, 7) is 1.87. The fourth-order valence-electron chi connectivity index (χ4n) is 5.22. The minimum absolute atomic E-state index is 0.0316. The molecule has 30 heavy (non-hydrogen) atoms. The number of ether oxygens (including phenoxy) is 4. The summed E-state index contributed by atoms with van der Waals surface area (Å²) < 4.78 is 22.4. The lowest BCUT2D eigenvalue weighted by atomic mass is 9.74. The molecule has 0 aliphatic carbocycles. The summed E-state index contributed by atoms with van der Waals surface area (Å²) in [5.41, 5.74) is 4.69. The van der Waals surface area contributed by atoms with Crippen LogP contribution in [0, 0.1) is 0 Å². The molecule has 0 bridgehead atoms. The molecule has 1 N–H and O–H groups in total. The third-order valence-corrected chi connectivity index (χ3v) is 6.51. The van der Waals surface area contributed by atoms with Gasteiger partial charge in [0.2, 0.25) is 6.79 Å². The summed E-state index contributed by atoms with van der Waals surface area (Å²) in [4.78, 5) is 13.9. The number of benzene rings is 2. The SMILES string of the molecule is COc1ccc2c(c1OC)CN1CCc3cc4c(cc3C1C2CCC(=O)O)OCO4. The van der Waals surface area contributed by atoms with E-state index in [-0.39, 0.29) is 25.2 Å². The first kappa shape index (κ1) is 19.1. The average molecular weight is 411 g/mol. The molecule has 0 radical (unpaired) electrons. The van der Waals surface area contributed by atoms with Gasteiger partial charge in [-0.05, 0) is 47.7 Å². The fraction of sp³-hybridized carbons (Fsp3) is 0.435. The Kier molecular flexibility index (Phi) is 4.70. The summed E-state index contributed by atoms with van der Waals surface area (Å²) in [7, 11) is 3.29. The van der Waals surface area contributed by atoms with Crippen molar-refractivity contribution in [2.75, 3.05) is 27.6 Å². The van der Waals surface area contributed by atoms with Crippen LogP contribution >= 0.6 is 0 Å². The molecule has 5 rings (SSSR count). The molecule has 3 heterocycles. The maximum Gasteiger partial charge on any atom is 0.303 e. The molecule has 0 saturated carbocycles. The third kappa shape index (κ3) is 2.96. The summed E-state index contributed by atoms with van der Waals surface area (Å²) in [6.07, 6.45) is 1.57. The minimum atomic E-state index is -0.782. The maximum atomic E-state index is 11.4. The minimum Gasteiger partial charge on any atom is -0.493 e. The van der Waals surface area contributed by atoms with E-state index in [9.17, 15) is 9.90 Å². The van der Waals surface area contributed by atoms with E-state index in [1.165, 1.54) is 11.1 Å². The Hall–Kier alpha value is -2.93. The van der Waals surface area contributed by atoms with Crippen molar-refractivity contribution in [1.29, 1.82) is 0 Å². The van der Waals surface area contributed by atoms with Gasteiger partial charge < -0.3 is 24.1 Å². The highest BCUT2D eigenvalue weighted by molar-refractivity contribution is 5.67. The van der Waals surface area contributed by atoms with Crippen LogP contribution in [0.5, 0.6) is 23.0 Å². The maximum absolute atomic E-state index is 11.4. The Morgan fingerprint density at radius 2 is 1.97 bits per heavy atom. The first-order chi connectivity index (χ1) is 14.6. The lowest BCUT2D eigenvalue weighted by Gasteiger charge is -2.46. The van der Waals surface area contributed by atoms with Crippen LogP contribution in [0.3, 0.4) is 0 Å². The van der Waals surface area contributed by atoms with Gasteiger partial charge in [-0.1, -0.05) is 6.07 Å². The molecule has 0 aromatic heterocycles. The highest BCUT2D eigenvalue weighted by Crippen LogP contribution is 2.52. The number of methoxy groups -OCH3 is 2. The largest absolute Gasteiger partial charge is 0.493 e. The van der Waals surface area contributed by atoms with E-state index in [2.05, 4.69) is 23.1 Å². The van der Waals surface area contributed by atoms with Gasteiger partial charge in [-0.15, -0.1) is 0 Å². The van der Waals surface area contributed by atoms with Crippen molar-refractivity contribution in [3.8, 4) is 23.0 Å². The number of carboxylic acids is 1. The van der Waals surface area contributed by atoms with E-state index in [0.717, 1.165) is 47.9 Å². The van der Waals surface area contributed by atoms with Crippen LogP contribution in [0.1, 0.15) is 47.1 Å². The van der Waals surface area contributed by atoms with Gasteiger partial charge in [0.25, 0.3) is 0 Å². The van der Waals surface area contributed by atoms with Gasteiger partial charge in [0.05, 0.1) is 14.2 Å². The molecular weight excluding hydrogens is 386 g/mol. The zero-order valence-corrected chi connectivity index (χ0v) is 17.1. The third-order valence-electron chi connectivity index (χ3n) is 6.51. The second-order valence-electron chi connectivity index (χ2n) is 7.98. The molecule has 2 unspecified atom stereocenters. The van der Waals surface area contributed by atoms with Gasteiger partial charge in [-0.2, -0.15) is 0 Å². The van der Waals surface area contributed by atoms with E-state index < -0.39 is 5.97 Å². The normalized spacial score (nSPS) is 21.4. The lowest BCUT2D eigenvalue weighted by molar-refractivity contribution is -0.137. The Morgan fingerprint density at radius 3 is 2.70 bits per heavy atom. The van der Waals surface area contributed by atoms with Crippen molar-refractivity contribution in [2.24, 2.45) is 0 Å². The molecule has 7 heteroatoms. The molecule has 2 atom stereocenters. The van der Waals surface area contributed by atoms with E-state index in [4.69, 9.17) is 18.9 Å². The summed E-state index contributed by atoms with van der Waals surface area (Å²) in [5, 5.41) is 9.40. The predicted molar refractivity (Wildman–Crippen MR) is 109 cm³/mol. The number of aliphatic carboxylic acids is 1.